The van der Waals surface area contributed by atoms with E-state index < -0.39 is 0 Å². The fourth-order valence-corrected chi connectivity index (χ4v) is 5.94. The first kappa shape index (κ1) is 40.3. The molecule has 2 aromatic heterocycles. The molecule has 236 valence electrons. The van der Waals surface area contributed by atoms with Crippen molar-refractivity contribution >= 4 is 43.6 Å². The van der Waals surface area contributed by atoms with Gasteiger partial charge in [-0.15, -0.1) is 22.1 Å². The Bertz CT molecular complexity index is 1430. The Morgan fingerprint density at radius 1 is 0.511 bits per heavy atom. The van der Waals surface area contributed by atoms with Gasteiger partial charge in [0.25, 0.3) is 0 Å². The number of hydrogen-bond acceptors (Lipinski definition) is 0. The average molecular weight is 677 g/mol. The van der Waals surface area contributed by atoms with Crippen molar-refractivity contribution < 1.29 is 32.7 Å². The molecular formula is C42H55N2Y. The van der Waals surface area contributed by atoms with Gasteiger partial charge in [0.05, 0.1) is 0 Å². The van der Waals surface area contributed by atoms with Gasteiger partial charge in [0.2, 0.25) is 0 Å². The van der Waals surface area contributed by atoms with Crippen molar-refractivity contribution in [2.45, 2.75) is 81.1 Å². The average Bonchev–Trinajstić information content (AvgIpc) is 3.91. The minimum Gasteiger partial charge on any atom is -0.657 e. The van der Waals surface area contributed by atoms with Gasteiger partial charge >= 0.3 is 32.7 Å². The Hall–Kier alpha value is -2.68. The zero-order chi connectivity index (χ0) is 32.3. The predicted molar refractivity (Wildman–Crippen MR) is 198 cm³/mol. The molecule has 2 aliphatic rings. The summed E-state index contributed by atoms with van der Waals surface area (Å²) < 4.78 is 0. The SMILES string of the molecule is CC.CC.CC.CC.[CH2-]CCC1CC2C=CC1C2.[Y+3].c1ccc2c(c1)[n-]c1ccccc12.c1ccc2c(c1)[n-]c1ccccc12. The van der Waals surface area contributed by atoms with Crippen molar-refractivity contribution in [1.29, 1.82) is 0 Å². The number of benzene rings is 4. The van der Waals surface area contributed by atoms with E-state index in [0.29, 0.717) is 0 Å². The summed E-state index contributed by atoms with van der Waals surface area (Å²) in [6.45, 7) is 19.9. The summed E-state index contributed by atoms with van der Waals surface area (Å²) in [6.07, 6.45) is 10.2. The third-order valence-corrected chi connectivity index (χ3v) is 7.67. The van der Waals surface area contributed by atoms with Gasteiger partial charge in [0.15, 0.2) is 0 Å². The van der Waals surface area contributed by atoms with Crippen molar-refractivity contribution in [3.63, 3.8) is 0 Å². The predicted octanol–water partition coefficient (Wildman–Crippen LogP) is 12.8. The molecule has 3 heteroatoms. The van der Waals surface area contributed by atoms with E-state index in [4.69, 9.17) is 0 Å². The van der Waals surface area contributed by atoms with Gasteiger partial charge < -0.3 is 16.9 Å². The maximum atomic E-state index is 4.52. The van der Waals surface area contributed by atoms with Crippen LogP contribution < -0.4 is 9.97 Å². The number of fused-ring (bicyclic) bond motifs is 8. The monoisotopic (exact) mass is 676 g/mol. The van der Waals surface area contributed by atoms with Crippen molar-refractivity contribution in [3.05, 3.63) is 116 Å². The molecule has 2 heterocycles. The Morgan fingerprint density at radius 3 is 1.11 bits per heavy atom. The largest absolute Gasteiger partial charge is 3.00 e. The molecule has 6 aromatic rings. The molecule has 1 fully saturated rings. The third kappa shape index (κ3) is 10.7. The topological polar surface area (TPSA) is 28.2 Å². The molecule has 4 aromatic carbocycles. The molecule has 8 rings (SSSR count). The molecular weight excluding hydrogens is 621 g/mol. The van der Waals surface area contributed by atoms with E-state index in [1.165, 1.54) is 40.8 Å². The fraction of sp³-hybridized carbons (Fsp3) is 0.357. The van der Waals surface area contributed by atoms with E-state index in [-0.39, 0.29) is 32.7 Å². The van der Waals surface area contributed by atoms with Gasteiger partial charge in [-0.05, 0) is 52.1 Å². The van der Waals surface area contributed by atoms with Crippen LogP contribution >= 0.6 is 0 Å². The molecule has 2 nitrogen and oxygen atoms in total. The summed E-state index contributed by atoms with van der Waals surface area (Å²) in [5.41, 5.74) is 4.35. The van der Waals surface area contributed by atoms with Crippen LogP contribution in [-0.2, 0) is 32.7 Å². The maximum absolute atomic E-state index is 4.52. The van der Waals surface area contributed by atoms with Gasteiger partial charge in [0, 0.05) is 0 Å². The zero-order valence-electron chi connectivity index (χ0n) is 29.1. The number of para-hydroxylation sites is 4. The molecule has 1 saturated carbocycles. The Morgan fingerprint density at radius 2 is 0.844 bits per heavy atom. The van der Waals surface area contributed by atoms with E-state index >= 15 is 0 Å². The summed E-state index contributed by atoms with van der Waals surface area (Å²) in [6, 6.07) is 33.0. The number of rotatable bonds is 2. The first-order valence-electron chi connectivity index (χ1n) is 17.1. The second kappa shape index (κ2) is 22.8. The molecule has 45 heavy (non-hydrogen) atoms. The summed E-state index contributed by atoms with van der Waals surface area (Å²) in [5.74, 6) is 2.88. The van der Waals surface area contributed by atoms with Gasteiger partial charge in [0.1, 0.15) is 0 Å². The standard InChI is InChI=1S/2C12H8N.C10H15.4C2H6.Y/c2*1-3-7-11-9(5-1)10-6-2-4-8-12(10)13-11;1-2-3-9-6-8-4-5-10(9)7-8;4*1-2;/h2*1-8H;4-5,8-10H,1-3,6-7H2;4*1-2H3;/q3*-1;;;;;+3. The Labute approximate surface area is 299 Å². The number of aromatic nitrogens is 2. The second-order valence-electron chi connectivity index (χ2n) is 9.97. The van der Waals surface area contributed by atoms with Crippen molar-refractivity contribution in [2.24, 2.45) is 17.8 Å². The molecule has 0 aliphatic heterocycles. The van der Waals surface area contributed by atoms with E-state index in [1.807, 2.05) is 79.7 Å². The van der Waals surface area contributed by atoms with Crippen LogP contribution in [0.15, 0.2) is 109 Å². The van der Waals surface area contributed by atoms with Crippen LogP contribution in [-0.4, -0.2) is 0 Å². The molecule has 0 spiro atoms. The van der Waals surface area contributed by atoms with Gasteiger partial charge in [-0.1, -0.05) is 171 Å². The van der Waals surface area contributed by atoms with E-state index in [1.54, 1.807) is 0 Å². The molecule has 0 saturated heterocycles. The maximum Gasteiger partial charge on any atom is 3.00 e. The van der Waals surface area contributed by atoms with Crippen LogP contribution in [0.4, 0.5) is 0 Å². The van der Waals surface area contributed by atoms with E-state index in [9.17, 15) is 0 Å². The molecule has 0 N–H and O–H groups in total. The minimum atomic E-state index is 0. The van der Waals surface area contributed by atoms with Crippen molar-refractivity contribution in [2.75, 3.05) is 0 Å². The van der Waals surface area contributed by atoms with E-state index in [2.05, 4.69) is 102 Å². The molecule has 2 bridgehead atoms. The molecule has 2 aliphatic carbocycles. The zero-order valence-corrected chi connectivity index (χ0v) is 32.0. The molecule has 3 unspecified atom stereocenters. The Kier molecular flexibility index (Phi) is 20.4. The number of nitrogens with zero attached hydrogens (tertiary/aromatic N) is 2. The summed E-state index contributed by atoms with van der Waals surface area (Å²) in [4.78, 5) is 9.03. The van der Waals surface area contributed by atoms with Gasteiger partial charge in [-0.3, -0.25) is 0 Å². The minimum absolute atomic E-state index is 0. The molecule has 0 radical (unpaired) electrons. The summed E-state index contributed by atoms with van der Waals surface area (Å²) in [7, 11) is 0. The smallest absolute Gasteiger partial charge is 0.657 e. The van der Waals surface area contributed by atoms with Crippen LogP contribution in [0.3, 0.4) is 0 Å². The van der Waals surface area contributed by atoms with E-state index in [0.717, 1.165) is 46.2 Å². The summed E-state index contributed by atoms with van der Waals surface area (Å²) in [5, 5.41) is 4.99. The first-order valence-corrected chi connectivity index (χ1v) is 17.1. The number of allylic oxidation sites excluding steroid dienone is 2. The van der Waals surface area contributed by atoms with Crippen LogP contribution in [0.1, 0.15) is 81.1 Å². The second-order valence-corrected chi connectivity index (χ2v) is 9.97. The molecule has 0 amide bonds. The van der Waals surface area contributed by atoms with Crippen LogP contribution in [0.5, 0.6) is 0 Å². The normalized spacial score (nSPS) is 16.5. The van der Waals surface area contributed by atoms with Crippen LogP contribution in [0.25, 0.3) is 43.6 Å². The Balaban J connectivity index is 0.000000303. The van der Waals surface area contributed by atoms with Crippen LogP contribution in [0.2, 0.25) is 0 Å². The van der Waals surface area contributed by atoms with Gasteiger partial charge in [-0.2, -0.15) is 6.42 Å². The van der Waals surface area contributed by atoms with Crippen molar-refractivity contribution in [3.8, 4) is 0 Å². The number of hydrogen-bond donors (Lipinski definition) is 0. The fourth-order valence-electron chi connectivity index (χ4n) is 5.94. The van der Waals surface area contributed by atoms with Gasteiger partial charge in [-0.25, -0.2) is 0 Å². The van der Waals surface area contributed by atoms with Crippen molar-refractivity contribution in [1.82, 2.24) is 9.97 Å². The quantitative estimate of drug-likeness (QED) is 0.135. The third-order valence-electron chi connectivity index (χ3n) is 7.67. The molecule has 3 atom stereocenters. The summed E-state index contributed by atoms with van der Waals surface area (Å²) >= 11 is 0. The first-order chi connectivity index (χ1) is 21.8. The van der Waals surface area contributed by atoms with Crippen LogP contribution in [0, 0.1) is 24.7 Å².